The first-order valence-electron chi connectivity index (χ1n) is 6.57. The van der Waals surface area contributed by atoms with E-state index < -0.39 is 18.4 Å². The second kappa shape index (κ2) is 6.83. The number of carboxylic acid groups (broad SMARTS) is 1. The minimum Gasteiger partial charge on any atom is -0.479 e. The van der Waals surface area contributed by atoms with E-state index in [0.29, 0.717) is 5.56 Å². The summed E-state index contributed by atoms with van der Waals surface area (Å²) in [5, 5.41) is 28.0. The van der Waals surface area contributed by atoms with Gasteiger partial charge in [0.25, 0.3) is 0 Å². The molecule has 1 rings (SSSR count). The number of hydrogen-bond acceptors (Lipinski definition) is 4. The molecule has 0 aliphatic carbocycles. The van der Waals surface area contributed by atoms with Crippen LogP contribution in [0.5, 0.6) is 0 Å². The molecule has 0 aliphatic heterocycles. The van der Waals surface area contributed by atoms with Gasteiger partial charge in [-0.2, -0.15) is 0 Å². The number of aliphatic carboxylic acids is 1. The predicted octanol–water partition coefficient (Wildman–Crippen LogP) is 2.08. The van der Waals surface area contributed by atoms with Crippen molar-refractivity contribution < 1.29 is 24.9 Å². The van der Waals surface area contributed by atoms with Gasteiger partial charge >= 0.3 is 5.97 Å². The largest absolute Gasteiger partial charge is 0.479 e. The maximum Gasteiger partial charge on any atom is 0.337 e. The molecule has 0 aromatic heterocycles. The molecule has 5 heteroatoms. The fourth-order valence-electron chi connectivity index (χ4n) is 1.51. The molecule has 0 saturated carbocycles. The van der Waals surface area contributed by atoms with Gasteiger partial charge < -0.3 is 20.1 Å². The average Bonchev–Trinajstić information content (AvgIpc) is 2.44. The first-order chi connectivity index (χ1) is 9.27. The van der Waals surface area contributed by atoms with Gasteiger partial charge in [0.2, 0.25) is 0 Å². The Bertz CT molecular complexity index is 438. The molecule has 0 aliphatic rings. The Hall–Kier alpha value is -1.43. The van der Waals surface area contributed by atoms with Crippen LogP contribution in [0.2, 0.25) is 0 Å². The van der Waals surface area contributed by atoms with E-state index in [9.17, 15) is 15.0 Å². The first-order valence-corrected chi connectivity index (χ1v) is 6.57. The molecular weight excluding hydrogens is 260 g/mol. The Morgan fingerprint density at radius 3 is 2.25 bits per heavy atom. The summed E-state index contributed by atoms with van der Waals surface area (Å²) in [7, 11) is 0. The molecule has 0 heterocycles. The highest BCUT2D eigenvalue weighted by atomic mass is 16.6. The summed E-state index contributed by atoms with van der Waals surface area (Å²) >= 11 is 0. The zero-order chi connectivity index (χ0) is 15.3. The summed E-state index contributed by atoms with van der Waals surface area (Å²) < 4.78 is 5.41. The summed E-state index contributed by atoms with van der Waals surface area (Å²) in [6.07, 6.45) is -1.59. The molecule has 2 atom stereocenters. The van der Waals surface area contributed by atoms with Crippen molar-refractivity contribution in [1.82, 2.24) is 0 Å². The van der Waals surface area contributed by atoms with Crippen molar-refractivity contribution >= 4 is 5.97 Å². The van der Waals surface area contributed by atoms with E-state index >= 15 is 0 Å². The smallest absolute Gasteiger partial charge is 0.337 e. The Labute approximate surface area is 118 Å². The lowest BCUT2D eigenvalue weighted by Gasteiger charge is -2.28. The molecule has 2 unspecified atom stereocenters. The van der Waals surface area contributed by atoms with Crippen LogP contribution in [-0.2, 0) is 16.1 Å². The van der Waals surface area contributed by atoms with Crippen LogP contribution in [0.25, 0.3) is 0 Å². The van der Waals surface area contributed by atoms with Gasteiger partial charge in [-0.1, -0.05) is 45.0 Å². The second-order valence-electron chi connectivity index (χ2n) is 5.49. The van der Waals surface area contributed by atoms with Crippen LogP contribution in [0.4, 0.5) is 0 Å². The Morgan fingerprint density at radius 2 is 1.80 bits per heavy atom. The van der Waals surface area contributed by atoms with E-state index in [1.807, 2.05) is 20.8 Å². The maximum absolute atomic E-state index is 10.6. The third-order valence-electron chi connectivity index (χ3n) is 3.52. The molecule has 0 spiro atoms. The lowest BCUT2D eigenvalue weighted by atomic mass is 9.89. The summed E-state index contributed by atoms with van der Waals surface area (Å²) in [5.74, 6) is -1.28. The number of rotatable bonds is 7. The molecule has 5 nitrogen and oxygen atoms in total. The van der Waals surface area contributed by atoms with Crippen molar-refractivity contribution in [3.63, 3.8) is 0 Å². The number of aliphatic hydroxyl groups is 2. The molecule has 0 saturated heterocycles. The van der Waals surface area contributed by atoms with Crippen molar-refractivity contribution in [2.24, 2.45) is 5.41 Å². The van der Waals surface area contributed by atoms with Gasteiger partial charge in [-0.15, -0.1) is 0 Å². The quantitative estimate of drug-likeness (QED) is 0.666. The van der Waals surface area contributed by atoms with Gasteiger partial charge in [0, 0.05) is 5.41 Å². The number of aliphatic hydroxyl groups excluding tert-OH is 2. The van der Waals surface area contributed by atoms with Crippen molar-refractivity contribution in [3.05, 3.63) is 35.4 Å². The normalized spacial score (nSPS) is 14.8. The van der Waals surface area contributed by atoms with Crippen LogP contribution < -0.4 is 0 Å². The van der Waals surface area contributed by atoms with Crippen molar-refractivity contribution in [2.75, 3.05) is 0 Å². The van der Waals surface area contributed by atoms with Gasteiger partial charge in [0.1, 0.15) is 0 Å². The Kier molecular flexibility index (Phi) is 5.68. The fourth-order valence-corrected chi connectivity index (χ4v) is 1.51. The number of ether oxygens (including phenoxy) is 1. The van der Waals surface area contributed by atoms with E-state index in [1.54, 1.807) is 12.1 Å². The number of carbonyl (C=O) groups is 1. The fraction of sp³-hybridized carbons (Fsp3) is 0.533. The summed E-state index contributed by atoms with van der Waals surface area (Å²) in [5.41, 5.74) is 0.799. The van der Waals surface area contributed by atoms with Crippen molar-refractivity contribution in [3.8, 4) is 0 Å². The molecule has 0 bridgehead atoms. The van der Waals surface area contributed by atoms with E-state index in [0.717, 1.165) is 12.0 Å². The summed E-state index contributed by atoms with van der Waals surface area (Å²) in [6, 6.07) is 6.42. The molecule has 1 aromatic carbocycles. The molecule has 0 amide bonds. The van der Waals surface area contributed by atoms with Crippen molar-refractivity contribution in [1.29, 1.82) is 0 Å². The Morgan fingerprint density at radius 1 is 1.25 bits per heavy atom. The number of hydrogen-bond donors (Lipinski definition) is 3. The van der Waals surface area contributed by atoms with Crippen LogP contribution in [0.15, 0.2) is 24.3 Å². The van der Waals surface area contributed by atoms with E-state index in [1.165, 1.54) is 12.1 Å². The van der Waals surface area contributed by atoms with Gasteiger partial charge in [-0.25, -0.2) is 4.79 Å². The topological polar surface area (TPSA) is 87.0 Å². The predicted molar refractivity (Wildman–Crippen MR) is 73.9 cm³/mol. The highest BCUT2D eigenvalue weighted by Gasteiger charge is 2.26. The minimum atomic E-state index is -1.52. The monoisotopic (exact) mass is 282 g/mol. The van der Waals surface area contributed by atoms with Crippen LogP contribution in [-0.4, -0.2) is 27.6 Å². The molecule has 112 valence electrons. The maximum atomic E-state index is 10.6. The molecule has 0 fully saturated rings. The zero-order valence-electron chi connectivity index (χ0n) is 12.0. The van der Waals surface area contributed by atoms with Gasteiger partial charge in [-0.05, 0) is 17.5 Å². The zero-order valence-corrected chi connectivity index (χ0v) is 12.0. The SMILES string of the molecule is CCC(C)(C)C(O)OCc1ccc(C(O)C(=O)O)cc1. The third-order valence-corrected chi connectivity index (χ3v) is 3.52. The van der Waals surface area contributed by atoms with Crippen LogP contribution >= 0.6 is 0 Å². The van der Waals surface area contributed by atoms with E-state index in [-0.39, 0.29) is 12.0 Å². The minimum absolute atomic E-state index is 0.230. The lowest BCUT2D eigenvalue weighted by Crippen LogP contribution is -2.31. The first kappa shape index (κ1) is 16.6. The molecular formula is C15H22O5. The van der Waals surface area contributed by atoms with Crippen LogP contribution in [0.1, 0.15) is 44.4 Å². The standard InChI is InChI=1S/C15H22O5/c1-4-15(2,3)14(19)20-9-10-5-7-11(8-6-10)12(16)13(17)18/h5-8,12,14,16,19H,4,9H2,1-3H3,(H,17,18). The second-order valence-corrected chi connectivity index (χ2v) is 5.49. The molecule has 1 aromatic rings. The summed E-state index contributed by atoms with van der Waals surface area (Å²) in [6.45, 7) is 6.05. The molecule has 0 radical (unpaired) electrons. The van der Waals surface area contributed by atoms with Crippen LogP contribution in [0, 0.1) is 5.41 Å². The Balaban J connectivity index is 2.61. The van der Waals surface area contributed by atoms with Gasteiger partial charge in [-0.3, -0.25) is 0 Å². The number of benzene rings is 1. The van der Waals surface area contributed by atoms with Crippen LogP contribution in [0.3, 0.4) is 0 Å². The summed E-state index contributed by atoms with van der Waals surface area (Å²) in [4.78, 5) is 10.6. The van der Waals surface area contributed by atoms with Crippen molar-refractivity contribution in [2.45, 2.75) is 46.2 Å². The highest BCUT2D eigenvalue weighted by molar-refractivity contribution is 5.73. The van der Waals surface area contributed by atoms with E-state index in [4.69, 9.17) is 9.84 Å². The van der Waals surface area contributed by atoms with Gasteiger partial charge in [0.15, 0.2) is 12.4 Å². The average molecular weight is 282 g/mol. The van der Waals surface area contributed by atoms with E-state index in [2.05, 4.69) is 0 Å². The molecule has 3 N–H and O–H groups in total. The third kappa shape index (κ3) is 4.30. The molecule has 20 heavy (non-hydrogen) atoms. The highest BCUT2D eigenvalue weighted by Crippen LogP contribution is 2.26. The van der Waals surface area contributed by atoms with Gasteiger partial charge in [0.05, 0.1) is 6.61 Å². The number of carboxylic acids is 1. The lowest BCUT2D eigenvalue weighted by molar-refractivity contribution is -0.172.